The van der Waals surface area contributed by atoms with Gasteiger partial charge in [0.1, 0.15) is 4.88 Å². The van der Waals surface area contributed by atoms with Crippen LogP contribution in [0.3, 0.4) is 0 Å². The number of amides is 1. The van der Waals surface area contributed by atoms with Crippen LogP contribution in [0.15, 0.2) is 73.7 Å². The Bertz CT molecular complexity index is 1010. The number of rotatable bonds is 6. The van der Waals surface area contributed by atoms with Crippen molar-refractivity contribution in [1.82, 2.24) is 24.8 Å². The fraction of sp³-hybridized carbons (Fsp3) is 0.0526. The maximum atomic E-state index is 12.3. The van der Waals surface area contributed by atoms with Gasteiger partial charge in [0.15, 0.2) is 5.13 Å². The van der Waals surface area contributed by atoms with Gasteiger partial charge in [-0.25, -0.2) is 9.97 Å². The smallest absolute Gasteiger partial charge is 0.263 e. The van der Waals surface area contributed by atoms with Crippen molar-refractivity contribution in [3.63, 3.8) is 0 Å². The van der Waals surface area contributed by atoms with Crippen molar-refractivity contribution in [1.29, 1.82) is 0 Å². The van der Waals surface area contributed by atoms with Crippen LogP contribution in [0.1, 0.15) is 15.2 Å². The Morgan fingerprint density at radius 1 is 1.07 bits per heavy atom. The van der Waals surface area contributed by atoms with Gasteiger partial charge < -0.3 is 15.2 Å². The van der Waals surface area contributed by atoms with E-state index >= 15 is 0 Å². The number of nitrogens with one attached hydrogen (secondary N) is 2. The van der Waals surface area contributed by atoms with E-state index in [9.17, 15) is 4.79 Å². The number of carbonyl (C=O) groups is 1. The standard InChI is InChI=1S/C19H16N6OS/c26-18(22-11-14-2-1-7-20-10-14)17-12-23-19(27-17)24-15-3-5-16(6-4-15)25-9-8-21-13-25/h1-10,12-13H,11H2,(H,22,26)(H,23,24). The van der Waals surface area contributed by atoms with Crippen LogP contribution in [-0.4, -0.2) is 25.4 Å². The molecule has 0 spiro atoms. The van der Waals surface area contributed by atoms with Gasteiger partial charge in [0, 0.05) is 42.7 Å². The third kappa shape index (κ3) is 4.18. The predicted molar refractivity (Wildman–Crippen MR) is 104 cm³/mol. The molecule has 4 aromatic rings. The number of imidazole rings is 1. The lowest BCUT2D eigenvalue weighted by Gasteiger charge is -2.05. The fourth-order valence-electron chi connectivity index (χ4n) is 2.46. The van der Waals surface area contributed by atoms with Crippen molar-refractivity contribution in [3.05, 3.63) is 84.2 Å². The maximum absolute atomic E-state index is 12.3. The van der Waals surface area contributed by atoms with Crippen LogP contribution in [0.25, 0.3) is 5.69 Å². The van der Waals surface area contributed by atoms with Crippen molar-refractivity contribution in [3.8, 4) is 5.69 Å². The van der Waals surface area contributed by atoms with Gasteiger partial charge in [0.2, 0.25) is 0 Å². The van der Waals surface area contributed by atoms with Gasteiger partial charge in [-0.15, -0.1) is 0 Å². The Balaban J connectivity index is 1.37. The van der Waals surface area contributed by atoms with Gasteiger partial charge in [-0.1, -0.05) is 17.4 Å². The molecule has 1 amide bonds. The molecule has 0 saturated heterocycles. The third-order valence-corrected chi connectivity index (χ3v) is 4.74. The molecule has 0 saturated carbocycles. The lowest BCUT2D eigenvalue weighted by Crippen LogP contribution is -2.21. The van der Waals surface area contributed by atoms with E-state index in [0.717, 1.165) is 16.9 Å². The molecular formula is C19H16N6OS. The largest absolute Gasteiger partial charge is 0.347 e. The molecule has 1 aromatic carbocycles. The van der Waals surface area contributed by atoms with Crippen molar-refractivity contribution in [2.24, 2.45) is 0 Å². The summed E-state index contributed by atoms with van der Waals surface area (Å²) in [6.45, 7) is 0.434. The number of carbonyl (C=O) groups excluding carboxylic acids is 1. The summed E-state index contributed by atoms with van der Waals surface area (Å²) in [7, 11) is 0. The van der Waals surface area contributed by atoms with E-state index in [0.29, 0.717) is 16.6 Å². The van der Waals surface area contributed by atoms with Crippen LogP contribution in [0.5, 0.6) is 0 Å². The normalized spacial score (nSPS) is 10.5. The summed E-state index contributed by atoms with van der Waals surface area (Å²) in [6.07, 6.45) is 10.4. The van der Waals surface area contributed by atoms with Gasteiger partial charge in [0.25, 0.3) is 5.91 Å². The van der Waals surface area contributed by atoms with Crippen molar-refractivity contribution >= 4 is 28.1 Å². The topological polar surface area (TPSA) is 84.7 Å². The molecule has 134 valence electrons. The first-order valence-electron chi connectivity index (χ1n) is 8.26. The Labute approximate surface area is 159 Å². The van der Waals surface area contributed by atoms with E-state index in [-0.39, 0.29) is 5.91 Å². The second kappa shape index (κ2) is 7.79. The number of thiazole rings is 1. The van der Waals surface area contributed by atoms with Crippen LogP contribution in [0.2, 0.25) is 0 Å². The molecule has 3 aromatic heterocycles. The summed E-state index contributed by atoms with van der Waals surface area (Å²) in [5.41, 5.74) is 2.87. The van der Waals surface area contributed by atoms with E-state index in [1.54, 1.807) is 31.1 Å². The van der Waals surface area contributed by atoms with E-state index in [1.165, 1.54) is 11.3 Å². The highest BCUT2D eigenvalue weighted by molar-refractivity contribution is 7.17. The average Bonchev–Trinajstić information content (AvgIpc) is 3.40. The lowest BCUT2D eigenvalue weighted by atomic mass is 10.3. The molecule has 0 aliphatic carbocycles. The molecule has 0 bridgehead atoms. The number of aromatic nitrogens is 4. The second-order valence-electron chi connectivity index (χ2n) is 5.72. The highest BCUT2D eigenvalue weighted by Gasteiger charge is 2.10. The minimum atomic E-state index is -0.153. The summed E-state index contributed by atoms with van der Waals surface area (Å²) in [5.74, 6) is -0.153. The molecule has 0 unspecified atom stereocenters. The molecule has 3 heterocycles. The van der Waals surface area contributed by atoms with Crippen molar-refractivity contribution in [2.75, 3.05) is 5.32 Å². The van der Waals surface area contributed by atoms with E-state index in [2.05, 4.69) is 25.6 Å². The lowest BCUT2D eigenvalue weighted by molar-refractivity contribution is 0.0954. The van der Waals surface area contributed by atoms with E-state index in [4.69, 9.17) is 0 Å². The van der Waals surface area contributed by atoms with Gasteiger partial charge in [-0.2, -0.15) is 0 Å². The Morgan fingerprint density at radius 2 is 1.96 bits per heavy atom. The molecule has 0 radical (unpaired) electrons. The highest BCUT2D eigenvalue weighted by Crippen LogP contribution is 2.23. The highest BCUT2D eigenvalue weighted by atomic mass is 32.1. The SMILES string of the molecule is O=C(NCc1cccnc1)c1cnc(Nc2ccc(-n3ccnc3)cc2)s1. The summed E-state index contributed by atoms with van der Waals surface area (Å²) in [4.78, 5) is 25.2. The molecule has 0 aliphatic rings. The van der Waals surface area contributed by atoms with Crippen LogP contribution in [0.4, 0.5) is 10.8 Å². The third-order valence-electron chi connectivity index (χ3n) is 3.83. The molecular weight excluding hydrogens is 360 g/mol. The van der Waals surface area contributed by atoms with E-state index in [1.807, 2.05) is 47.2 Å². The summed E-state index contributed by atoms with van der Waals surface area (Å²) < 4.78 is 1.93. The van der Waals surface area contributed by atoms with Crippen LogP contribution < -0.4 is 10.6 Å². The number of pyridine rings is 1. The van der Waals surface area contributed by atoms with Crippen molar-refractivity contribution in [2.45, 2.75) is 6.54 Å². The number of benzene rings is 1. The molecule has 0 aliphatic heterocycles. The first kappa shape index (κ1) is 16.9. The number of hydrogen-bond donors (Lipinski definition) is 2. The van der Waals surface area contributed by atoms with Crippen molar-refractivity contribution < 1.29 is 4.79 Å². The number of nitrogens with zero attached hydrogens (tertiary/aromatic N) is 4. The molecule has 7 nitrogen and oxygen atoms in total. The fourth-order valence-corrected chi connectivity index (χ4v) is 3.21. The number of anilines is 2. The van der Waals surface area contributed by atoms with E-state index < -0.39 is 0 Å². The first-order chi connectivity index (χ1) is 13.3. The first-order valence-corrected chi connectivity index (χ1v) is 9.08. The Kier molecular flexibility index (Phi) is 4.88. The summed E-state index contributed by atoms with van der Waals surface area (Å²) in [5, 5.41) is 6.75. The van der Waals surface area contributed by atoms with Crippen LogP contribution in [0, 0.1) is 0 Å². The average molecular weight is 376 g/mol. The molecule has 27 heavy (non-hydrogen) atoms. The van der Waals surface area contributed by atoms with Gasteiger partial charge >= 0.3 is 0 Å². The minimum Gasteiger partial charge on any atom is -0.347 e. The zero-order valence-corrected chi connectivity index (χ0v) is 15.1. The quantitative estimate of drug-likeness (QED) is 0.539. The van der Waals surface area contributed by atoms with Crippen LogP contribution >= 0.6 is 11.3 Å². The Hall–Kier alpha value is -3.52. The zero-order valence-electron chi connectivity index (χ0n) is 14.2. The zero-order chi connectivity index (χ0) is 18.5. The summed E-state index contributed by atoms with van der Waals surface area (Å²) in [6, 6.07) is 11.6. The molecule has 2 N–H and O–H groups in total. The minimum absolute atomic E-state index is 0.153. The van der Waals surface area contributed by atoms with Gasteiger partial charge in [-0.05, 0) is 35.9 Å². The predicted octanol–water partition coefficient (Wildman–Crippen LogP) is 3.40. The molecule has 4 rings (SSSR count). The monoisotopic (exact) mass is 376 g/mol. The molecule has 0 fully saturated rings. The summed E-state index contributed by atoms with van der Waals surface area (Å²) >= 11 is 1.31. The number of hydrogen-bond acceptors (Lipinski definition) is 6. The maximum Gasteiger partial charge on any atom is 0.263 e. The molecule has 0 atom stereocenters. The van der Waals surface area contributed by atoms with Crippen LogP contribution in [-0.2, 0) is 6.54 Å². The van der Waals surface area contributed by atoms with Gasteiger partial charge in [0.05, 0.1) is 12.5 Å². The van der Waals surface area contributed by atoms with Gasteiger partial charge in [-0.3, -0.25) is 9.78 Å². The Morgan fingerprint density at radius 3 is 2.70 bits per heavy atom. The second-order valence-corrected chi connectivity index (χ2v) is 6.75. The molecule has 8 heteroatoms.